The first-order valence-electron chi connectivity index (χ1n) is 14.3. The van der Waals surface area contributed by atoms with E-state index in [1.807, 2.05) is 0 Å². The van der Waals surface area contributed by atoms with Crippen molar-refractivity contribution >= 4 is 24.8 Å². The molecule has 200 valence electrons. The Morgan fingerprint density at radius 3 is 1.55 bits per heavy atom. The van der Waals surface area contributed by atoms with E-state index >= 15 is 0 Å². The maximum atomic E-state index is 3.29. The maximum absolute atomic E-state index is 3.29. The fourth-order valence-electron chi connectivity index (χ4n) is 5.18. The van der Waals surface area contributed by atoms with Crippen LogP contribution in [-0.4, -0.2) is 3.21 Å². The molecule has 0 unspecified atom stereocenters. The molecule has 1 aliphatic carbocycles. The van der Waals surface area contributed by atoms with Crippen molar-refractivity contribution in [3.63, 3.8) is 0 Å². The van der Waals surface area contributed by atoms with E-state index in [-0.39, 0.29) is 0 Å². The summed E-state index contributed by atoms with van der Waals surface area (Å²) in [6, 6.07) is 36.7. The SMILES string of the molecule is CC(C)C1=C(C(C)C)C[C-]=C1.Cc1ccc2c(c1)[cH-]c1cc(C)ccc12.[Zr+2]=[C](c1ccccc1)c1ccccc1. The summed E-state index contributed by atoms with van der Waals surface area (Å²) in [5.41, 5.74) is 8.41. The van der Waals surface area contributed by atoms with Gasteiger partial charge in [-0.05, 0) is 19.8 Å². The molecular formula is C39H40Zr. The molecule has 1 aliphatic rings. The van der Waals surface area contributed by atoms with Gasteiger partial charge in [0.25, 0.3) is 0 Å². The van der Waals surface area contributed by atoms with Gasteiger partial charge in [-0.1, -0.05) is 69.0 Å². The minimum atomic E-state index is 0.669. The molecule has 0 aromatic heterocycles. The van der Waals surface area contributed by atoms with Crippen molar-refractivity contribution in [3.05, 3.63) is 149 Å². The van der Waals surface area contributed by atoms with Crippen molar-refractivity contribution in [2.24, 2.45) is 11.8 Å². The van der Waals surface area contributed by atoms with Gasteiger partial charge < -0.3 is 0 Å². The van der Waals surface area contributed by atoms with Crippen LogP contribution in [-0.2, 0) is 24.2 Å². The topological polar surface area (TPSA) is 0 Å². The summed E-state index contributed by atoms with van der Waals surface area (Å²) in [6.45, 7) is 13.3. The van der Waals surface area contributed by atoms with E-state index in [2.05, 4.69) is 157 Å². The average molecular weight is 600 g/mol. The Morgan fingerprint density at radius 1 is 0.675 bits per heavy atom. The fourth-order valence-corrected chi connectivity index (χ4v) is 6.00. The van der Waals surface area contributed by atoms with Crippen LogP contribution in [0.1, 0.15) is 56.4 Å². The van der Waals surface area contributed by atoms with Gasteiger partial charge in [-0.25, -0.2) is 6.08 Å². The van der Waals surface area contributed by atoms with Crippen molar-refractivity contribution in [1.82, 2.24) is 0 Å². The Balaban J connectivity index is 0.000000141. The summed E-state index contributed by atoms with van der Waals surface area (Å²) < 4.78 is 1.42. The predicted molar refractivity (Wildman–Crippen MR) is 172 cm³/mol. The fraction of sp³-hybridized carbons (Fsp3) is 0.231. The van der Waals surface area contributed by atoms with E-state index in [0.717, 1.165) is 6.42 Å². The Morgan fingerprint density at radius 2 is 1.15 bits per heavy atom. The molecule has 0 nitrogen and oxygen atoms in total. The first-order chi connectivity index (χ1) is 19.2. The van der Waals surface area contributed by atoms with Crippen LogP contribution in [0.25, 0.3) is 21.5 Å². The Labute approximate surface area is 256 Å². The van der Waals surface area contributed by atoms with Crippen LogP contribution in [0.2, 0.25) is 0 Å². The average Bonchev–Trinajstić information content (AvgIpc) is 3.59. The molecule has 0 aliphatic heterocycles. The predicted octanol–water partition coefficient (Wildman–Crippen LogP) is 10.5. The summed E-state index contributed by atoms with van der Waals surface area (Å²) in [7, 11) is 0. The molecule has 0 radical (unpaired) electrons. The van der Waals surface area contributed by atoms with Crippen molar-refractivity contribution in [2.75, 3.05) is 0 Å². The number of hydrogen-bond donors (Lipinski definition) is 0. The normalized spacial score (nSPS) is 12.6. The van der Waals surface area contributed by atoms with Crippen molar-refractivity contribution in [2.45, 2.75) is 48.0 Å². The van der Waals surface area contributed by atoms with Gasteiger partial charge in [0.05, 0.1) is 0 Å². The molecule has 0 saturated carbocycles. The third-order valence-electron chi connectivity index (χ3n) is 7.38. The van der Waals surface area contributed by atoms with Crippen LogP contribution in [0.5, 0.6) is 0 Å². The van der Waals surface area contributed by atoms with E-state index in [0.29, 0.717) is 11.8 Å². The van der Waals surface area contributed by atoms with E-state index in [1.165, 1.54) is 76.8 Å². The summed E-state index contributed by atoms with van der Waals surface area (Å²) in [4.78, 5) is 0. The molecule has 0 saturated heterocycles. The van der Waals surface area contributed by atoms with E-state index in [4.69, 9.17) is 0 Å². The molecular weight excluding hydrogens is 560 g/mol. The second-order valence-corrected chi connectivity index (χ2v) is 12.5. The van der Waals surface area contributed by atoms with Gasteiger partial charge in [0.15, 0.2) is 0 Å². The third-order valence-corrected chi connectivity index (χ3v) is 8.80. The zero-order valence-electron chi connectivity index (χ0n) is 24.8. The summed E-state index contributed by atoms with van der Waals surface area (Å²) in [6.07, 6.45) is 6.51. The van der Waals surface area contributed by atoms with Crippen LogP contribution in [0.4, 0.5) is 0 Å². The Kier molecular flexibility index (Phi) is 10.5. The van der Waals surface area contributed by atoms with Crippen LogP contribution >= 0.6 is 0 Å². The standard InChI is InChI=1S/C15H13.C13H10.C11H17.Zr/c1-10-3-5-14-12(7-10)9-13-8-11(2)4-6-15(13)14;1-3-7-12(8-4-1)11-13-9-5-2-6-10-13;1-8(2)10-6-5-7-11(10)9(3)4;/h3-9H,1-2H3;1-10H;6,8-9H,7H2,1-4H3;/q-1;;-1;+2. The molecule has 0 amide bonds. The second kappa shape index (κ2) is 14.1. The number of benzene rings is 4. The van der Waals surface area contributed by atoms with Gasteiger partial charge in [-0.15, -0.1) is 46.2 Å². The van der Waals surface area contributed by atoms with Crippen LogP contribution in [0.3, 0.4) is 0 Å². The molecule has 0 atom stereocenters. The molecule has 0 fully saturated rings. The zero-order valence-corrected chi connectivity index (χ0v) is 27.2. The van der Waals surface area contributed by atoms with Crippen molar-refractivity contribution in [1.29, 1.82) is 0 Å². The molecule has 40 heavy (non-hydrogen) atoms. The zero-order chi connectivity index (χ0) is 28.6. The first kappa shape index (κ1) is 30.0. The quantitative estimate of drug-likeness (QED) is 0.180. The molecule has 0 N–H and O–H groups in total. The van der Waals surface area contributed by atoms with E-state index in [1.54, 1.807) is 5.57 Å². The number of fused-ring (bicyclic) bond motifs is 3. The summed E-state index contributed by atoms with van der Waals surface area (Å²) in [5, 5.41) is 5.46. The van der Waals surface area contributed by atoms with Crippen LogP contribution in [0, 0.1) is 31.8 Å². The summed E-state index contributed by atoms with van der Waals surface area (Å²) in [5.74, 6) is 1.36. The van der Waals surface area contributed by atoms with E-state index < -0.39 is 0 Å². The van der Waals surface area contributed by atoms with Gasteiger partial charge in [0, 0.05) is 0 Å². The number of aryl methyl sites for hydroxylation is 2. The van der Waals surface area contributed by atoms with Gasteiger partial charge in [-0.2, -0.15) is 11.1 Å². The van der Waals surface area contributed by atoms with Crippen LogP contribution in [0.15, 0.2) is 120 Å². The third kappa shape index (κ3) is 7.58. The monoisotopic (exact) mass is 598 g/mol. The molecule has 0 bridgehead atoms. The van der Waals surface area contributed by atoms with Crippen LogP contribution < -0.4 is 0 Å². The molecule has 0 heterocycles. The number of allylic oxidation sites excluding steroid dienone is 4. The van der Waals surface area contributed by atoms with Gasteiger partial charge in [-0.3, -0.25) is 6.08 Å². The molecule has 6 rings (SSSR count). The Hall–Kier alpha value is -3.02. The first-order valence-corrected chi connectivity index (χ1v) is 15.5. The second-order valence-electron chi connectivity index (χ2n) is 11.2. The Bertz CT molecular complexity index is 1530. The molecule has 5 aromatic carbocycles. The van der Waals surface area contributed by atoms with Gasteiger partial charge in [0.2, 0.25) is 0 Å². The van der Waals surface area contributed by atoms with E-state index in [9.17, 15) is 0 Å². The minimum absolute atomic E-state index is 0.669. The molecule has 1 heteroatoms. The van der Waals surface area contributed by atoms with Gasteiger partial charge >= 0.3 is 99.2 Å². The summed E-state index contributed by atoms with van der Waals surface area (Å²) >= 11 is 1.46. The van der Waals surface area contributed by atoms with Gasteiger partial charge in [0.1, 0.15) is 0 Å². The number of hydrogen-bond acceptors (Lipinski definition) is 0. The number of rotatable bonds is 4. The molecule has 5 aromatic rings. The van der Waals surface area contributed by atoms with Crippen molar-refractivity contribution in [3.8, 4) is 0 Å². The van der Waals surface area contributed by atoms with Crippen molar-refractivity contribution < 1.29 is 24.2 Å². The molecule has 0 spiro atoms.